The smallest absolute Gasteiger partial charge is 0.329 e. The number of hydrogen-bond donors (Lipinski definition) is 2. The van der Waals surface area contributed by atoms with Gasteiger partial charge in [0.2, 0.25) is 0 Å². The van der Waals surface area contributed by atoms with Crippen LogP contribution in [0.25, 0.3) is 10.9 Å². The van der Waals surface area contributed by atoms with Crippen molar-refractivity contribution < 1.29 is 9.53 Å². The van der Waals surface area contributed by atoms with Crippen LogP contribution in [0.5, 0.6) is 0 Å². The monoisotopic (exact) mass is 272 g/mol. The molecule has 2 aromatic rings. The SMILES string of the molecule is CC(C)(C)OC(=O)C1NCCc2c1[nH]c1ccccc21. The highest BCUT2D eigenvalue weighted by Gasteiger charge is 2.32. The molecule has 2 heterocycles. The van der Waals surface area contributed by atoms with Crippen LogP contribution in [0.4, 0.5) is 0 Å². The first-order chi connectivity index (χ1) is 9.46. The zero-order chi connectivity index (χ0) is 14.3. The second kappa shape index (κ2) is 4.63. The maximum atomic E-state index is 12.3. The van der Waals surface area contributed by atoms with Crippen LogP contribution in [0, 0.1) is 0 Å². The Morgan fingerprint density at radius 2 is 2.05 bits per heavy atom. The highest BCUT2D eigenvalue weighted by atomic mass is 16.6. The van der Waals surface area contributed by atoms with Crippen LogP contribution in [-0.4, -0.2) is 23.1 Å². The number of nitrogens with one attached hydrogen (secondary N) is 2. The van der Waals surface area contributed by atoms with Crippen molar-refractivity contribution in [3.8, 4) is 0 Å². The van der Waals surface area contributed by atoms with Gasteiger partial charge in [-0.3, -0.25) is 5.32 Å². The van der Waals surface area contributed by atoms with Crippen LogP contribution in [-0.2, 0) is 16.0 Å². The van der Waals surface area contributed by atoms with Gasteiger partial charge < -0.3 is 9.72 Å². The quantitative estimate of drug-likeness (QED) is 0.785. The summed E-state index contributed by atoms with van der Waals surface area (Å²) in [4.78, 5) is 15.7. The van der Waals surface area contributed by atoms with E-state index in [2.05, 4.69) is 16.4 Å². The first kappa shape index (κ1) is 13.2. The Balaban J connectivity index is 2.00. The van der Waals surface area contributed by atoms with Crippen molar-refractivity contribution in [3.63, 3.8) is 0 Å². The van der Waals surface area contributed by atoms with E-state index in [1.807, 2.05) is 39.0 Å². The Kier molecular flexibility index (Phi) is 3.05. The Morgan fingerprint density at radius 1 is 1.30 bits per heavy atom. The van der Waals surface area contributed by atoms with Gasteiger partial charge in [0.1, 0.15) is 11.6 Å². The van der Waals surface area contributed by atoms with Gasteiger partial charge in [-0.15, -0.1) is 0 Å². The van der Waals surface area contributed by atoms with Crippen molar-refractivity contribution in [2.45, 2.75) is 38.8 Å². The van der Waals surface area contributed by atoms with Gasteiger partial charge >= 0.3 is 5.97 Å². The molecule has 0 saturated carbocycles. The van der Waals surface area contributed by atoms with Crippen LogP contribution in [0.1, 0.15) is 38.1 Å². The first-order valence-corrected chi connectivity index (χ1v) is 7.01. The van der Waals surface area contributed by atoms with E-state index in [1.54, 1.807) is 0 Å². The van der Waals surface area contributed by atoms with Crippen LogP contribution >= 0.6 is 0 Å². The standard InChI is InChI=1S/C16H20N2O2/c1-16(2,3)20-15(19)14-13-11(8-9-17-14)10-6-4-5-7-12(10)18-13/h4-7,14,17-18H,8-9H2,1-3H3. The minimum Gasteiger partial charge on any atom is -0.459 e. The van der Waals surface area contributed by atoms with E-state index in [4.69, 9.17) is 4.74 Å². The third-order valence-corrected chi connectivity index (χ3v) is 3.50. The molecule has 0 aliphatic carbocycles. The number of carbonyl (C=O) groups excluding carboxylic acids is 1. The largest absolute Gasteiger partial charge is 0.459 e. The third kappa shape index (κ3) is 2.31. The van der Waals surface area contributed by atoms with Crippen LogP contribution in [0.15, 0.2) is 24.3 Å². The van der Waals surface area contributed by atoms with Gasteiger partial charge in [-0.05, 0) is 38.8 Å². The number of H-pyrrole nitrogens is 1. The van der Waals surface area contributed by atoms with Crippen molar-refractivity contribution >= 4 is 16.9 Å². The Bertz CT molecular complexity index is 652. The van der Waals surface area contributed by atoms with Crippen LogP contribution < -0.4 is 5.32 Å². The molecular weight excluding hydrogens is 252 g/mol. The molecule has 0 saturated heterocycles. The lowest BCUT2D eigenvalue weighted by Gasteiger charge is -2.27. The molecule has 4 nitrogen and oxygen atoms in total. The lowest BCUT2D eigenvalue weighted by molar-refractivity contribution is -0.158. The number of fused-ring (bicyclic) bond motifs is 3. The van der Waals surface area contributed by atoms with E-state index in [0.717, 1.165) is 24.2 Å². The molecule has 0 bridgehead atoms. The Hall–Kier alpha value is -1.81. The van der Waals surface area contributed by atoms with Gasteiger partial charge in [-0.2, -0.15) is 0 Å². The summed E-state index contributed by atoms with van der Waals surface area (Å²) in [5.74, 6) is -0.218. The predicted octanol–water partition coefficient (Wildman–Crippen LogP) is 2.70. The maximum Gasteiger partial charge on any atom is 0.329 e. The molecule has 1 atom stereocenters. The van der Waals surface area contributed by atoms with Gasteiger partial charge in [0.05, 0.1) is 0 Å². The number of aromatic nitrogens is 1. The van der Waals surface area contributed by atoms with E-state index >= 15 is 0 Å². The molecule has 106 valence electrons. The molecule has 2 N–H and O–H groups in total. The number of rotatable bonds is 1. The summed E-state index contributed by atoms with van der Waals surface area (Å²) in [7, 11) is 0. The third-order valence-electron chi connectivity index (χ3n) is 3.50. The summed E-state index contributed by atoms with van der Waals surface area (Å²) < 4.78 is 5.51. The van der Waals surface area contributed by atoms with Crippen molar-refractivity contribution in [2.75, 3.05) is 6.54 Å². The summed E-state index contributed by atoms with van der Waals surface area (Å²) in [6.07, 6.45) is 0.929. The molecule has 20 heavy (non-hydrogen) atoms. The lowest BCUT2D eigenvalue weighted by Crippen LogP contribution is -2.39. The average molecular weight is 272 g/mol. The molecule has 1 aliphatic rings. The minimum atomic E-state index is -0.470. The topological polar surface area (TPSA) is 54.1 Å². The Morgan fingerprint density at radius 3 is 2.80 bits per heavy atom. The van der Waals surface area contributed by atoms with Crippen LogP contribution in [0.3, 0.4) is 0 Å². The predicted molar refractivity (Wildman–Crippen MR) is 78.6 cm³/mol. The van der Waals surface area contributed by atoms with Gasteiger partial charge in [0.15, 0.2) is 0 Å². The summed E-state index contributed by atoms with van der Waals surface area (Å²) in [6.45, 7) is 6.46. The number of hydrogen-bond acceptors (Lipinski definition) is 3. The first-order valence-electron chi connectivity index (χ1n) is 7.01. The van der Waals surface area contributed by atoms with Crippen molar-refractivity contribution in [1.29, 1.82) is 0 Å². The summed E-state index contributed by atoms with van der Waals surface area (Å²) in [6, 6.07) is 7.77. The maximum absolute atomic E-state index is 12.3. The van der Waals surface area contributed by atoms with E-state index in [0.29, 0.717) is 0 Å². The number of benzene rings is 1. The van der Waals surface area contributed by atoms with Gasteiger partial charge in [0.25, 0.3) is 0 Å². The molecule has 1 aromatic heterocycles. The number of carbonyl (C=O) groups is 1. The molecule has 0 fully saturated rings. The van der Waals surface area contributed by atoms with Crippen LogP contribution in [0.2, 0.25) is 0 Å². The Labute approximate surface area is 118 Å². The summed E-state index contributed by atoms with van der Waals surface area (Å²) in [5, 5.41) is 4.46. The normalized spacial score (nSPS) is 18.9. The van der Waals surface area contributed by atoms with E-state index < -0.39 is 11.6 Å². The van der Waals surface area contributed by atoms with E-state index in [1.165, 1.54) is 10.9 Å². The second-order valence-electron chi connectivity index (χ2n) is 6.23. The molecule has 1 unspecified atom stereocenters. The zero-order valence-electron chi connectivity index (χ0n) is 12.1. The summed E-state index contributed by atoms with van der Waals surface area (Å²) in [5.41, 5.74) is 2.79. The number of ether oxygens (including phenoxy) is 1. The molecule has 3 rings (SSSR count). The lowest BCUT2D eigenvalue weighted by atomic mass is 9.99. The number of para-hydroxylation sites is 1. The molecular formula is C16H20N2O2. The molecule has 0 spiro atoms. The van der Waals surface area contributed by atoms with Gasteiger partial charge in [0, 0.05) is 23.1 Å². The number of esters is 1. The fourth-order valence-electron chi connectivity index (χ4n) is 2.74. The fraction of sp³-hybridized carbons (Fsp3) is 0.438. The molecule has 0 amide bonds. The van der Waals surface area contributed by atoms with Crippen molar-refractivity contribution in [3.05, 3.63) is 35.5 Å². The zero-order valence-corrected chi connectivity index (χ0v) is 12.1. The van der Waals surface area contributed by atoms with E-state index in [-0.39, 0.29) is 5.97 Å². The molecule has 1 aliphatic heterocycles. The highest BCUT2D eigenvalue weighted by molar-refractivity contribution is 5.88. The number of aromatic amines is 1. The molecule has 1 aromatic carbocycles. The fourth-order valence-corrected chi connectivity index (χ4v) is 2.74. The van der Waals surface area contributed by atoms with Gasteiger partial charge in [-0.1, -0.05) is 18.2 Å². The molecule has 4 heteroatoms. The van der Waals surface area contributed by atoms with Gasteiger partial charge in [-0.25, -0.2) is 4.79 Å². The molecule has 0 radical (unpaired) electrons. The van der Waals surface area contributed by atoms with Crippen molar-refractivity contribution in [1.82, 2.24) is 10.3 Å². The average Bonchev–Trinajstić information content (AvgIpc) is 2.75. The second-order valence-corrected chi connectivity index (χ2v) is 6.23. The summed E-state index contributed by atoms with van der Waals surface area (Å²) >= 11 is 0. The highest BCUT2D eigenvalue weighted by Crippen LogP contribution is 2.31. The van der Waals surface area contributed by atoms with E-state index in [9.17, 15) is 4.79 Å². The van der Waals surface area contributed by atoms with Crippen molar-refractivity contribution in [2.24, 2.45) is 0 Å². The minimum absolute atomic E-state index is 0.218.